The van der Waals surface area contributed by atoms with E-state index in [0.717, 1.165) is 22.6 Å². The second-order valence-electron chi connectivity index (χ2n) is 6.83. The van der Waals surface area contributed by atoms with Crippen LogP contribution in [0.25, 0.3) is 6.08 Å². The van der Waals surface area contributed by atoms with E-state index in [1.54, 1.807) is 12.1 Å². The molecule has 1 aliphatic heterocycles. The van der Waals surface area contributed by atoms with Crippen LogP contribution in [0, 0.1) is 13.8 Å². The van der Waals surface area contributed by atoms with E-state index in [1.165, 1.54) is 4.90 Å². The molecule has 0 saturated carbocycles. The highest BCUT2D eigenvalue weighted by molar-refractivity contribution is 7.80. The molecule has 3 aromatic rings. The van der Waals surface area contributed by atoms with E-state index in [0.29, 0.717) is 28.9 Å². The number of thiocarbonyl (C=S) groups is 1. The molecule has 2 heterocycles. The molecule has 1 amide bonds. The molecule has 5 nitrogen and oxygen atoms in total. The van der Waals surface area contributed by atoms with Crippen LogP contribution in [0.3, 0.4) is 0 Å². The summed E-state index contributed by atoms with van der Waals surface area (Å²) in [5, 5.41) is 3.32. The predicted molar refractivity (Wildman–Crippen MR) is 117 cm³/mol. The van der Waals surface area contributed by atoms with Crippen LogP contribution in [0.5, 0.6) is 5.75 Å². The molecule has 2 aromatic carbocycles. The van der Waals surface area contributed by atoms with Gasteiger partial charge >= 0.3 is 0 Å². The highest BCUT2D eigenvalue weighted by Gasteiger charge is 2.32. The van der Waals surface area contributed by atoms with Gasteiger partial charge in [0.15, 0.2) is 5.11 Å². The normalized spacial score (nSPS) is 15.1. The second-order valence-corrected chi connectivity index (χ2v) is 7.21. The van der Waals surface area contributed by atoms with Gasteiger partial charge in [0.25, 0.3) is 5.91 Å². The largest absolute Gasteiger partial charge is 0.485 e. The molecule has 0 bridgehead atoms. The average Bonchev–Trinajstić information content (AvgIpc) is 3.25. The third-order valence-electron chi connectivity index (χ3n) is 4.57. The first-order valence-corrected chi connectivity index (χ1v) is 9.63. The molecule has 29 heavy (non-hydrogen) atoms. The highest BCUT2D eigenvalue weighted by Crippen LogP contribution is 2.24. The van der Waals surface area contributed by atoms with Crippen LogP contribution >= 0.6 is 12.2 Å². The van der Waals surface area contributed by atoms with Crippen LogP contribution in [0.1, 0.15) is 22.6 Å². The number of carbonyl (C=O) groups excluding carboxylic acids is 1. The lowest BCUT2D eigenvalue weighted by molar-refractivity contribution is -0.113. The first-order chi connectivity index (χ1) is 14.0. The smallest absolute Gasteiger partial charge is 0.281 e. The summed E-state index contributed by atoms with van der Waals surface area (Å²) in [5.41, 5.74) is 3.23. The Morgan fingerprint density at radius 2 is 1.93 bits per heavy atom. The Kier molecular flexibility index (Phi) is 5.18. The summed E-state index contributed by atoms with van der Waals surface area (Å²) in [7, 11) is 0. The zero-order valence-corrected chi connectivity index (χ0v) is 17.0. The number of benzene rings is 2. The van der Waals surface area contributed by atoms with Crippen molar-refractivity contribution < 1.29 is 13.9 Å². The number of anilines is 1. The summed E-state index contributed by atoms with van der Waals surface area (Å²) in [4.78, 5) is 14.3. The number of nitrogens with one attached hydrogen (secondary N) is 1. The molecule has 0 unspecified atom stereocenters. The van der Waals surface area contributed by atoms with Crippen LogP contribution in [-0.2, 0) is 11.4 Å². The molecule has 1 aliphatic rings. The monoisotopic (exact) mass is 404 g/mol. The molecule has 0 aliphatic carbocycles. The van der Waals surface area contributed by atoms with Gasteiger partial charge in [-0.2, -0.15) is 0 Å². The van der Waals surface area contributed by atoms with Crippen molar-refractivity contribution >= 4 is 35.0 Å². The Balaban J connectivity index is 1.48. The lowest BCUT2D eigenvalue weighted by Crippen LogP contribution is -2.30. The number of amides is 1. The quantitative estimate of drug-likeness (QED) is 0.492. The standard InChI is InChI=1S/C23H20N2O3S/c1-15-6-5-8-17(12-15)25-22(26)20(24-23(25)29)13-18-10-11-19(28-18)14-27-21-9-4-3-7-16(21)2/h3-13H,14H2,1-2H3,(H,24,29)/b20-13+. The fourth-order valence-corrected chi connectivity index (χ4v) is 3.39. The van der Waals surface area contributed by atoms with Crippen molar-refractivity contribution in [1.82, 2.24) is 5.32 Å². The number of nitrogens with zero attached hydrogens (tertiary/aromatic N) is 1. The zero-order chi connectivity index (χ0) is 20.4. The van der Waals surface area contributed by atoms with Gasteiger partial charge in [0.1, 0.15) is 29.6 Å². The van der Waals surface area contributed by atoms with Gasteiger partial charge in [-0.05, 0) is 67.5 Å². The van der Waals surface area contributed by atoms with Crippen molar-refractivity contribution in [3.8, 4) is 5.75 Å². The fraction of sp³-hybridized carbons (Fsp3) is 0.130. The van der Waals surface area contributed by atoms with Crippen LogP contribution in [-0.4, -0.2) is 11.0 Å². The van der Waals surface area contributed by atoms with E-state index in [4.69, 9.17) is 21.4 Å². The Morgan fingerprint density at radius 3 is 2.72 bits per heavy atom. The van der Waals surface area contributed by atoms with Crippen molar-refractivity contribution in [3.63, 3.8) is 0 Å². The van der Waals surface area contributed by atoms with Crippen molar-refractivity contribution in [2.24, 2.45) is 0 Å². The summed E-state index contributed by atoms with van der Waals surface area (Å²) in [6.07, 6.45) is 1.65. The Bertz CT molecular complexity index is 1120. The summed E-state index contributed by atoms with van der Waals surface area (Å²) in [6.45, 7) is 4.28. The Hall–Kier alpha value is -3.38. The van der Waals surface area contributed by atoms with E-state index < -0.39 is 0 Å². The second kappa shape index (κ2) is 7.93. The van der Waals surface area contributed by atoms with Crippen LogP contribution in [0.2, 0.25) is 0 Å². The summed E-state index contributed by atoms with van der Waals surface area (Å²) < 4.78 is 11.6. The van der Waals surface area contributed by atoms with Crippen molar-refractivity contribution in [2.45, 2.75) is 20.5 Å². The SMILES string of the molecule is Cc1cccc(N2C(=O)/C(=C\c3ccc(COc4ccccc4C)o3)NC2=S)c1. The van der Waals surface area contributed by atoms with E-state index in [9.17, 15) is 4.79 Å². The molecule has 1 N–H and O–H groups in total. The van der Waals surface area contributed by atoms with Crippen LogP contribution in [0.15, 0.2) is 70.8 Å². The van der Waals surface area contributed by atoms with Crippen LogP contribution < -0.4 is 15.0 Å². The number of rotatable bonds is 5. The third-order valence-corrected chi connectivity index (χ3v) is 4.86. The summed E-state index contributed by atoms with van der Waals surface area (Å²) in [6, 6.07) is 19.1. The number of carbonyl (C=O) groups is 1. The minimum Gasteiger partial charge on any atom is -0.485 e. The molecular formula is C23H20N2O3S. The van der Waals surface area contributed by atoms with E-state index in [-0.39, 0.29) is 5.91 Å². The van der Waals surface area contributed by atoms with E-state index in [2.05, 4.69) is 5.32 Å². The maximum absolute atomic E-state index is 12.8. The van der Waals surface area contributed by atoms with Crippen molar-refractivity contribution in [3.05, 3.63) is 89.0 Å². The molecular weight excluding hydrogens is 384 g/mol. The maximum Gasteiger partial charge on any atom is 0.281 e. The molecule has 1 fully saturated rings. The number of hydrogen-bond donors (Lipinski definition) is 1. The Morgan fingerprint density at radius 1 is 1.10 bits per heavy atom. The maximum atomic E-state index is 12.8. The van der Waals surface area contributed by atoms with Gasteiger partial charge < -0.3 is 14.5 Å². The average molecular weight is 404 g/mol. The minimum atomic E-state index is -0.213. The number of hydrogen-bond acceptors (Lipinski definition) is 4. The molecule has 1 aromatic heterocycles. The highest BCUT2D eigenvalue weighted by atomic mass is 32.1. The van der Waals surface area contributed by atoms with Crippen molar-refractivity contribution in [2.75, 3.05) is 4.90 Å². The lowest BCUT2D eigenvalue weighted by Gasteiger charge is -2.14. The van der Waals surface area contributed by atoms with Gasteiger partial charge in [0.2, 0.25) is 0 Å². The van der Waals surface area contributed by atoms with Crippen LogP contribution in [0.4, 0.5) is 5.69 Å². The van der Waals surface area contributed by atoms with Crippen molar-refractivity contribution in [1.29, 1.82) is 0 Å². The predicted octanol–water partition coefficient (Wildman–Crippen LogP) is 4.74. The zero-order valence-electron chi connectivity index (χ0n) is 16.1. The molecule has 6 heteroatoms. The Labute approximate surface area is 174 Å². The van der Waals surface area contributed by atoms with E-state index >= 15 is 0 Å². The molecule has 1 saturated heterocycles. The van der Waals surface area contributed by atoms with Gasteiger partial charge in [0, 0.05) is 6.08 Å². The fourth-order valence-electron chi connectivity index (χ4n) is 3.10. The third kappa shape index (κ3) is 4.07. The summed E-state index contributed by atoms with van der Waals surface area (Å²) >= 11 is 5.35. The first-order valence-electron chi connectivity index (χ1n) is 9.22. The van der Waals surface area contributed by atoms with Gasteiger partial charge in [-0.15, -0.1) is 0 Å². The molecule has 0 atom stereocenters. The van der Waals surface area contributed by atoms with Gasteiger partial charge in [-0.3, -0.25) is 9.69 Å². The lowest BCUT2D eigenvalue weighted by atomic mass is 10.2. The molecule has 4 rings (SSSR count). The number of ether oxygens (including phenoxy) is 1. The minimum absolute atomic E-state index is 0.213. The van der Waals surface area contributed by atoms with E-state index in [1.807, 2.05) is 68.4 Å². The van der Waals surface area contributed by atoms with Gasteiger partial charge in [-0.1, -0.05) is 30.3 Å². The topological polar surface area (TPSA) is 54.7 Å². The number of para-hydroxylation sites is 1. The number of furan rings is 1. The summed E-state index contributed by atoms with van der Waals surface area (Å²) in [5.74, 6) is 1.83. The molecule has 0 spiro atoms. The van der Waals surface area contributed by atoms with Gasteiger partial charge in [-0.25, -0.2) is 0 Å². The molecule has 146 valence electrons. The molecule has 0 radical (unpaired) electrons. The first kappa shape index (κ1) is 19.0. The van der Waals surface area contributed by atoms with Gasteiger partial charge in [0.05, 0.1) is 5.69 Å². The number of aryl methyl sites for hydroxylation is 2.